The standard InChI is InChI=1S/C14H19BrN2/c15-13-3-1-11(2-4-13)9-16-14-6-8-17-7-5-12(14)10-17/h1-4,12,14,16H,5-10H2. The number of fused-ring (bicyclic) bond motifs is 2. The van der Waals surface area contributed by atoms with Crippen molar-refractivity contribution in [2.75, 3.05) is 19.6 Å². The number of nitrogens with one attached hydrogen (secondary N) is 1. The molecule has 0 radical (unpaired) electrons. The van der Waals surface area contributed by atoms with Crippen molar-refractivity contribution in [2.45, 2.75) is 25.4 Å². The van der Waals surface area contributed by atoms with Crippen molar-refractivity contribution >= 4 is 15.9 Å². The van der Waals surface area contributed by atoms with Gasteiger partial charge in [0.15, 0.2) is 0 Å². The molecule has 2 saturated heterocycles. The maximum Gasteiger partial charge on any atom is 0.0208 e. The van der Waals surface area contributed by atoms with Gasteiger partial charge in [-0.25, -0.2) is 0 Å². The van der Waals surface area contributed by atoms with E-state index >= 15 is 0 Å². The lowest BCUT2D eigenvalue weighted by molar-refractivity contribution is 0.220. The fourth-order valence-corrected chi connectivity index (χ4v) is 3.34. The lowest BCUT2D eigenvalue weighted by Gasteiger charge is -2.31. The van der Waals surface area contributed by atoms with Crippen LogP contribution in [-0.4, -0.2) is 30.6 Å². The second kappa shape index (κ2) is 5.09. The largest absolute Gasteiger partial charge is 0.310 e. The molecule has 3 rings (SSSR count). The minimum atomic E-state index is 0.734. The van der Waals surface area contributed by atoms with Gasteiger partial charge < -0.3 is 10.2 Å². The quantitative estimate of drug-likeness (QED) is 0.922. The Balaban J connectivity index is 1.55. The Morgan fingerprint density at radius 2 is 1.94 bits per heavy atom. The molecule has 0 amide bonds. The van der Waals surface area contributed by atoms with Gasteiger partial charge in [0, 0.05) is 23.6 Å². The van der Waals surface area contributed by atoms with Gasteiger partial charge in [-0.15, -0.1) is 0 Å². The van der Waals surface area contributed by atoms with Crippen LogP contribution in [0, 0.1) is 5.92 Å². The van der Waals surface area contributed by atoms with Crippen LogP contribution in [0.25, 0.3) is 0 Å². The molecule has 92 valence electrons. The van der Waals surface area contributed by atoms with Crippen LogP contribution in [0.15, 0.2) is 28.7 Å². The van der Waals surface area contributed by atoms with Gasteiger partial charge in [0.05, 0.1) is 0 Å². The van der Waals surface area contributed by atoms with Gasteiger partial charge in [-0.2, -0.15) is 0 Å². The second-order valence-electron chi connectivity index (χ2n) is 5.25. The van der Waals surface area contributed by atoms with Crippen LogP contribution in [0.5, 0.6) is 0 Å². The van der Waals surface area contributed by atoms with Crippen LogP contribution in [0.1, 0.15) is 18.4 Å². The van der Waals surface area contributed by atoms with Gasteiger partial charge >= 0.3 is 0 Å². The number of halogens is 1. The number of hydrogen-bond acceptors (Lipinski definition) is 2. The van der Waals surface area contributed by atoms with Crippen LogP contribution < -0.4 is 5.32 Å². The third kappa shape index (κ3) is 2.72. The summed E-state index contributed by atoms with van der Waals surface area (Å²) in [5.74, 6) is 0.888. The molecule has 0 saturated carbocycles. The van der Waals surface area contributed by atoms with Gasteiger partial charge in [0.1, 0.15) is 0 Å². The van der Waals surface area contributed by atoms with E-state index in [-0.39, 0.29) is 0 Å². The zero-order valence-electron chi connectivity index (χ0n) is 10.0. The van der Waals surface area contributed by atoms with Crippen molar-refractivity contribution in [3.63, 3.8) is 0 Å². The molecule has 0 aliphatic carbocycles. The topological polar surface area (TPSA) is 15.3 Å². The molecule has 2 fully saturated rings. The summed E-state index contributed by atoms with van der Waals surface area (Å²) in [7, 11) is 0. The van der Waals surface area contributed by atoms with Crippen LogP contribution >= 0.6 is 15.9 Å². The molecule has 1 aromatic rings. The van der Waals surface area contributed by atoms with Crippen molar-refractivity contribution < 1.29 is 0 Å². The first-order chi connectivity index (χ1) is 8.31. The van der Waals surface area contributed by atoms with E-state index in [9.17, 15) is 0 Å². The summed E-state index contributed by atoms with van der Waals surface area (Å²) >= 11 is 3.47. The number of hydrogen-bond donors (Lipinski definition) is 1. The lowest BCUT2D eigenvalue weighted by atomic mass is 9.94. The molecule has 3 heteroatoms. The van der Waals surface area contributed by atoms with Gasteiger partial charge in [0.25, 0.3) is 0 Å². The summed E-state index contributed by atoms with van der Waals surface area (Å²) in [4.78, 5) is 2.60. The van der Waals surface area contributed by atoms with Crippen LogP contribution in [-0.2, 0) is 6.54 Å². The minimum absolute atomic E-state index is 0.734. The molecular weight excluding hydrogens is 276 g/mol. The summed E-state index contributed by atoms with van der Waals surface area (Å²) in [5, 5.41) is 3.74. The molecule has 2 heterocycles. The maximum absolute atomic E-state index is 3.74. The smallest absolute Gasteiger partial charge is 0.0208 e. The predicted octanol–water partition coefficient (Wildman–Crippen LogP) is 2.63. The molecular formula is C14H19BrN2. The highest BCUT2D eigenvalue weighted by Crippen LogP contribution is 2.27. The first-order valence-electron chi connectivity index (χ1n) is 6.51. The average molecular weight is 295 g/mol. The third-order valence-electron chi connectivity index (χ3n) is 4.12. The fraction of sp³-hybridized carbons (Fsp3) is 0.571. The van der Waals surface area contributed by atoms with Crippen molar-refractivity contribution in [3.05, 3.63) is 34.3 Å². The van der Waals surface area contributed by atoms with E-state index in [1.165, 1.54) is 38.0 Å². The van der Waals surface area contributed by atoms with Crippen LogP contribution in [0.3, 0.4) is 0 Å². The van der Waals surface area contributed by atoms with E-state index in [1.54, 1.807) is 0 Å². The van der Waals surface area contributed by atoms with E-state index in [4.69, 9.17) is 0 Å². The van der Waals surface area contributed by atoms with E-state index in [1.807, 2.05) is 0 Å². The van der Waals surface area contributed by atoms with E-state index in [2.05, 4.69) is 50.4 Å². The molecule has 2 bridgehead atoms. The molecule has 17 heavy (non-hydrogen) atoms. The van der Waals surface area contributed by atoms with Gasteiger partial charge in [-0.1, -0.05) is 28.1 Å². The Hall–Kier alpha value is -0.380. The fourth-order valence-electron chi connectivity index (χ4n) is 3.07. The van der Waals surface area contributed by atoms with Crippen molar-refractivity contribution in [1.29, 1.82) is 0 Å². The van der Waals surface area contributed by atoms with E-state index in [0.717, 1.165) is 23.0 Å². The van der Waals surface area contributed by atoms with Gasteiger partial charge in [-0.3, -0.25) is 0 Å². The molecule has 2 aliphatic heterocycles. The highest BCUT2D eigenvalue weighted by molar-refractivity contribution is 9.10. The monoisotopic (exact) mass is 294 g/mol. The summed E-state index contributed by atoms with van der Waals surface area (Å²) in [6, 6.07) is 9.36. The zero-order chi connectivity index (χ0) is 11.7. The number of rotatable bonds is 3. The molecule has 3 atom stereocenters. The second-order valence-corrected chi connectivity index (χ2v) is 6.17. The lowest BCUT2D eigenvalue weighted by Crippen LogP contribution is -2.43. The zero-order valence-corrected chi connectivity index (χ0v) is 11.6. The summed E-state index contributed by atoms with van der Waals surface area (Å²) in [6.45, 7) is 4.93. The van der Waals surface area contributed by atoms with Crippen LogP contribution in [0.4, 0.5) is 0 Å². The summed E-state index contributed by atoms with van der Waals surface area (Å²) < 4.78 is 1.16. The molecule has 2 nitrogen and oxygen atoms in total. The maximum atomic E-state index is 3.74. The van der Waals surface area contributed by atoms with Crippen molar-refractivity contribution in [2.24, 2.45) is 5.92 Å². The minimum Gasteiger partial charge on any atom is -0.310 e. The van der Waals surface area contributed by atoms with Gasteiger partial charge in [0.2, 0.25) is 0 Å². The Bertz CT molecular complexity index is 376. The van der Waals surface area contributed by atoms with Crippen molar-refractivity contribution in [3.8, 4) is 0 Å². The average Bonchev–Trinajstić information content (AvgIpc) is 2.73. The Morgan fingerprint density at radius 1 is 1.18 bits per heavy atom. The predicted molar refractivity (Wildman–Crippen MR) is 73.9 cm³/mol. The van der Waals surface area contributed by atoms with E-state index in [0.29, 0.717) is 0 Å². The first kappa shape index (κ1) is 11.7. The molecule has 0 spiro atoms. The van der Waals surface area contributed by atoms with Gasteiger partial charge in [-0.05, 0) is 49.5 Å². The highest BCUT2D eigenvalue weighted by atomic mass is 79.9. The first-order valence-corrected chi connectivity index (χ1v) is 7.31. The molecule has 2 aliphatic rings. The molecule has 3 unspecified atom stereocenters. The number of nitrogens with zero attached hydrogens (tertiary/aromatic N) is 1. The Labute approximate surface area is 112 Å². The normalized spacial score (nSPS) is 31.7. The molecule has 1 N–H and O–H groups in total. The third-order valence-corrected chi connectivity index (χ3v) is 4.64. The molecule has 0 aromatic heterocycles. The molecule has 1 aromatic carbocycles. The number of piperidine rings is 1. The Morgan fingerprint density at radius 3 is 2.76 bits per heavy atom. The SMILES string of the molecule is Brc1ccc(CNC2CCN3CCC2C3)cc1. The van der Waals surface area contributed by atoms with Crippen LogP contribution in [0.2, 0.25) is 0 Å². The Kier molecular flexibility index (Phi) is 3.50. The van der Waals surface area contributed by atoms with E-state index < -0.39 is 0 Å². The number of benzene rings is 1. The summed E-state index contributed by atoms with van der Waals surface area (Å²) in [6.07, 6.45) is 2.71. The van der Waals surface area contributed by atoms with Crippen molar-refractivity contribution in [1.82, 2.24) is 10.2 Å². The summed E-state index contributed by atoms with van der Waals surface area (Å²) in [5.41, 5.74) is 1.38. The highest BCUT2D eigenvalue weighted by Gasteiger charge is 2.33.